The summed E-state index contributed by atoms with van der Waals surface area (Å²) in [5.41, 5.74) is 0.348. The molecule has 0 fully saturated rings. The summed E-state index contributed by atoms with van der Waals surface area (Å²) in [5, 5.41) is 22.7. The van der Waals surface area contributed by atoms with E-state index in [1.54, 1.807) is 12.1 Å². The minimum atomic E-state index is -0.697. The predicted molar refractivity (Wildman–Crippen MR) is 70.2 cm³/mol. The van der Waals surface area contributed by atoms with Gasteiger partial charge in [-0.25, -0.2) is 0 Å². The van der Waals surface area contributed by atoms with Crippen LogP contribution in [0.5, 0.6) is 5.75 Å². The summed E-state index contributed by atoms with van der Waals surface area (Å²) in [4.78, 5) is 0. The lowest BCUT2D eigenvalue weighted by Gasteiger charge is -2.23. The summed E-state index contributed by atoms with van der Waals surface area (Å²) in [7, 11) is 0. The maximum absolute atomic E-state index is 10.2. The minimum absolute atomic E-state index is 0.262. The molecule has 0 radical (unpaired) electrons. The lowest BCUT2D eigenvalue weighted by Crippen LogP contribution is -2.32. The highest BCUT2D eigenvalue weighted by Gasteiger charge is 2.20. The summed E-state index contributed by atoms with van der Waals surface area (Å²) in [6, 6.07) is 7.01. The Balaban J connectivity index is 2.40. The summed E-state index contributed by atoms with van der Waals surface area (Å²) in [6.07, 6.45) is 2.45. The molecule has 96 valence electrons. The van der Waals surface area contributed by atoms with Crippen LogP contribution in [0.25, 0.3) is 0 Å². The lowest BCUT2D eigenvalue weighted by molar-refractivity contribution is 0.0516. The van der Waals surface area contributed by atoms with Crippen LogP contribution < -0.4 is 5.32 Å². The number of benzene rings is 1. The summed E-state index contributed by atoms with van der Waals surface area (Å²) in [5.74, 6) is 0.262. The molecule has 0 aliphatic rings. The Labute approximate surface area is 103 Å². The molecule has 0 saturated heterocycles. The van der Waals surface area contributed by atoms with Crippen LogP contribution >= 0.6 is 0 Å². The molecule has 1 aromatic carbocycles. The van der Waals surface area contributed by atoms with Crippen LogP contribution in [0.1, 0.15) is 32.3 Å². The number of hydrogen-bond donors (Lipinski definition) is 3. The quantitative estimate of drug-likeness (QED) is 0.636. The van der Waals surface area contributed by atoms with Gasteiger partial charge in [0.1, 0.15) is 5.75 Å². The number of aliphatic hydroxyl groups is 1. The molecule has 3 nitrogen and oxygen atoms in total. The zero-order valence-electron chi connectivity index (χ0n) is 10.7. The van der Waals surface area contributed by atoms with Gasteiger partial charge < -0.3 is 15.5 Å². The van der Waals surface area contributed by atoms with Gasteiger partial charge in [0.15, 0.2) is 0 Å². The number of hydrogen-bond acceptors (Lipinski definition) is 3. The molecule has 1 unspecified atom stereocenters. The monoisotopic (exact) mass is 237 g/mol. The molecule has 0 aliphatic carbocycles. The highest BCUT2D eigenvalue weighted by molar-refractivity contribution is 5.26. The molecule has 0 spiro atoms. The third kappa shape index (κ3) is 5.71. The second-order valence-electron chi connectivity index (χ2n) is 4.84. The topological polar surface area (TPSA) is 52.5 Å². The highest BCUT2D eigenvalue weighted by atomic mass is 16.3. The number of phenols is 1. The molecule has 0 aliphatic heterocycles. The fraction of sp³-hybridized carbons (Fsp3) is 0.571. The Morgan fingerprint density at radius 1 is 1.18 bits per heavy atom. The molecule has 0 aromatic heterocycles. The molecule has 0 amide bonds. The number of phenolic OH excluding ortho intramolecular Hbond substituents is 1. The number of rotatable bonds is 7. The third-order valence-corrected chi connectivity index (χ3v) is 2.79. The SMILES string of the molecule is CCCNCCC(C)(O)Cc1ccc(O)cc1. The van der Waals surface area contributed by atoms with Crippen LogP contribution in [0, 0.1) is 0 Å². The minimum Gasteiger partial charge on any atom is -0.508 e. The fourth-order valence-electron chi connectivity index (χ4n) is 1.80. The van der Waals surface area contributed by atoms with Gasteiger partial charge in [0, 0.05) is 6.42 Å². The first-order chi connectivity index (χ1) is 8.03. The van der Waals surface area contributed by atoms with Gasteiger partial charge in [0.05, 0.1) is 5.60 Å². The normalized spacial score (nSPS) is 14.5. The summed E-state index contributed by atoms with van der Waals surface area (Å²) in [6.45, 7) is 5.81. The van der Waals surface area contributed by atoms with E-state index in [-0.39, 0.29) is 5.75 Å². The van der Waals surface area contributed by atoms with Crippen molar-refractivity contribution >= 4 is 0 Å². The van der Waals surface area contributed by atoms with E-state index < -0.39 is 5.60 Å². The van der Waals surface area contributed by atoms with Gasteiger partial charge in [0.2, 0.25) is 0 Å². The fourth-order valence-corrected chi connectivity index (χ4v) is 1.80. The molecule has 1 rings (SSSR count). The molecule has 1 aromatic rings. The maximum Gasteiger partial charge on any atom is 0.115 e. The number of nitrogens with one attached hydrogen (secondary N) is 1. The van der Waals surface area contributed by atoms with Crippen molar-refractivity contribution in [2.24, 2.45) is 0 Å². The van der Waals surface area contributed by atoms with Gasteiger partial charge >= 0.3 is 0 Å². The molecule has 3 heteroatoms. The van der Waals surface area contributed by atoms with E-state index >= 15 is 0 Å². The molecule has 0 heterocycles. The van der Waals surface area contributed by atoms with Crippen molar-refractivity contribution < 1.29 is 10.2 Å². The second kappa shape index (κ2) is 6.62. The lowest BCUT2D eigenvalue weighted by atomic mass is 9.93. The van der Waals surface area contributed by atoms with Crippen LogP contribution in [0.2, 0.25) is 0 Å². The van der Waals surface area contributed by atoms with Crippen molar-refractivity contribution in [1.82, 2.24) is 5.32 Å². The molecular formula is C14H23NO2. The molecule has 17 heavy (non-hydrogen) atoms. The summed E-state index contributed by atoms with van der Waals surface area (Å²) >= 11 is 0. The van der Waals surface area contributed by atoms with Gasteiger partial charge in [-0.05, 0) is 50.6 Å². The average molecular weight is 237 g/mol. The van der Waals surface area contributed by atoms with E-state index in [1.165, 1.54) is 0 Å². The van der Waals surface area contributed by atoms with E-state index in [0.717, 1.165) is 31.5 Å². The summed E-state index contributed by atoms with van der Waals surface area (Å²) < 4.78 is 0. The van der Waals surface area contributed by atoms with Gasteiger partial charge in [0.25, 0.3) is 0 Å². The largest absolute Gasteiger partial charge is 0.508 e. The van der Waals surface area contributed by atoms with Crippen molar-refractivity contribution in [3.63, 3.8) is 0 Å². The van der Waals surface area contributed by atoms with Crippen LogP contribution in [-0.4, -0.2) is 28.9 Å². The van der Waals surface area contributed by atoms with Gasteiger partial charge in [-0.2, -0.15) is 0 Å². The van der Waals surface area contributed by atoms with Crippen LogP contribution in [0.3, 0.4) is 0 Å². The Morgan fingerprint density at radius 2 is 1.82 bits per heavy atom. The van der Waals surface area contributed by atoms with Crippen molar-refractivity contribution in [3.05, 3.63) is 29.8 Å². The van der Waals surface area contributed by atoms with Gasteiger partial charge in [-0.1, -0.05) is 19.1 Å². The Hall–Kier alpha value is -1.06. The van der Waals surface area contributed by atoms with Crippen LogP contribution in [0.4, 0.5) is 0 Å². The van der Waals surface area contributed by atoms with Gasteiger partial charge in [-0.15, -0.1) is 0 Å². The second-order valence-corrected chi connectivity index (χ2v) is 4.84. The third-order valence-electron chi connectivity index (χ3n) is 2.79. The number of aromatic hydroxyl groups is 1. The van der Waals surface area contributed by atoms with Crippen molar-refractivity contribution in [3.8, 4) is 5.75 Å². The molecule has 0 bridgehead atoms. The zero-order chi connectivity index (χ0) is 12.7. The zero-order valence-corrected chi connectivity index (χ0v) is 10.7. The molecule has 0 saturated carbocycles. The molecule has 1 atom stereocenters. The molecule has 3 N–H and O–H groups in total. The van der Waals surface area contributed by atoms with Crippen molar-refractivity contribution in [1.29, 1.82) is 0 Å². The van der Waals surface area contributed by atoms with Crippen LogP contribution in [0.15, 0.2) is 24.3 Å². The highest BCUT2D eigenvalue weighted by Crippen LogP contribution is 2.18. The first-order valence-electron chi connectivity index (χ1n) is 6.24. The van der Waals surface area contributed by atoms with Crippen molar-refractivity contribution in [2.45, 2.75) is 38.7 Å². The Kier molecular flexibility index (Phi) is 5.45. The average Bonchev–Trinajstić information content (AvgIpc) is 2.27. The van der Waals surface area contributed by atoms with E-state index in [1.807, 2.05) is 19.1 Å². The maximum atomic E-state index is 10.2. The predicted octanol–water partition coefficient (Wildman–Crippen LogP) is 2.08. The smallest absolute Gasteiger partial charge is 0.115 e. The Bertz CT molecular complexity index is 319. The Morgan fingerprint density at radius 3 is 2.41 bits per heavy atom. The van der Waals surface area contributed by atoms with E-state index in [0.29, 0.717) is 6.42 Å². The van der Waals surface area contributed by atoms with Crippen molar-refractivity contribution in [2.75, 3.05) is 13.1 Å². The molecular weight excluding hydrogens is 214 g/mol. The first-order valence-corrected chi connectivity index (χ1v) is 6.24. The first kappa shape index (κ1) is 14.0. The van der Waals surface area contributed by atoms with E-state index in [9.17, 15) is 10.2 Å². The van der Waals surface area contributed by atoms with E-state index in [2.05, 4.69) is 12.2 Å². The van der Waals surface area contributed by atoms with Gasteiger partial charge in [-0.3, -0.25) is 0 Å². The standard InChI is InChI=1S/C14H23NO2/c1-3-9-15-10-8-14(2,17)11-12-4-6-13(16)7-5-12/h4-7,15-17H,3,8-11H2,1-2H3. The van der Waals surface area contributed by atoms with Crippen LogP contribution in [-0.2, 0) is 6.42 Å². The van der Waals surface area contributed by atoms with E-state index in [4.69, 9.17) is 0 Å².